The number of hydrogen-bond donors (Lipinski definition) is 1. The molecular weight excluding hydrogens is 302 g/mol. The molecule has 0 radical (unpaired) electrons. The van der Waals surface area contributed by atoms with Crippen LogP contribution in [-0.2, 0) is 11.3 Å². The number of nitrogens with one attached hydrogen (secondary N) is 1. The van der Waals surface area contributed by atoms with Crippen molar-refractivity contribution in [2.75, 3.05) is 19.0 Å². The predicted octanol–water partition coefficient (Wildman–Crippen LogP) is 4.41. The first kappa shape index (κ1) is 18.0. The summed E-state index contributed by atoms with van der Waals surface area (Å²) in [6, 6.07) is 9.53. The Balaban J connectivity index is 2.27. The maximum absolute atomic E-state index is 12.6. The van der Waals surface area contributed by atoms with E-state index in [-0.39, 0.29) is 5.91 Å². The molecule has 0 aliphatic carbocycles. The smallest absolute Gasteiger partial charge is 0.255 e. The van der Waals surface area contributed by atoms with Crippen molar-refractivity contribution in [2.45, 2.75) is 34.3 Å². The molecule has 0 heterocycles. The third-order valence-electron chi connectivity index (χ3n) is 3.92. The minimum absolute atomic E-state index is 0.134. The van der Waals surface area contributed by atoms with Gasteiger partial charge in [0.2, 0.25) is 0 Å². The molecule has 0 aliphatic heterocycles. The first-order chi connectivity index (χ1) is 11.5. The first-order valence-corrected chi connectivity index (χ1v) is 8.10. The molecule has 0 aromatic heterocycles. The van der Waals surface area contributed by atoms with Crippen LogP contribution in [-0.4, -0.2) is 19.6 Å². The number of benzene rings is 2. The Morgan fingerprint density at radius 1 is 1.08 bits per heavy atom. The van der Waals surface area contributed by atoms with E-state index in [1.54, 1.807) is 19.2 Å². The molecule has 4 heteroatoms. The Kier molecular flexibility index (Phi) is 5.99. The minimum Gasteiger partial charge on any atom is -0.496 e. The standard InChI is InChI=1S/C20H25NO3/c1-6-24-12-17-11-16(7-8-18(17)23-5)20(22)21-19-14(3)9-13(2)10-15(19)4/h7-11H,6,12H2,1-5H3,(H,21,22). The van der Waals surface area contributed by atoms with Crippen LogP contribution in [0.25, 0.3) is 0 Å². The lowest BCUT2D eigenvalue weighted by molar-refractivity contribution is 0.102. The van der Waals surface area contributed by atoms with Crippen LogP contribution in [0, 0.1) is 20.8 Å². The second-order valence-corrected chi connectivity index (χ2v) is 5.89. The number of carbonyl (C=O) groups excluding carboxylic acids is 1. The van der Waals surface area contributed by atoms with Crippen LogP contribution >= 0.6 is 0 Å². The van der Waals surface area contributed by atoms with E-state index in [0.29, 0.717) is 18.8 Å². The Bertz CT molecular complexity index is 715. The second kappa shape index (κ2) is 7.97. The summed E-state index contributed by atoms with van der Waals surface area (Å²) in [7, 11) is 1.61. The number of methoxy groups -OCH3 is 1. The van der Waals surface area contributed by atoms with E-state index in [9.17, 15) is 4.79 Å². The quantitative estimate of drug-likeness (QED) is 0.855. The zero-order valence-corrected chi connectivity index (χ0v) is 15.0. The van der Waals surface area contributed by atoms with Gasteiger partial charge in [-0.1, -0.05) is 17.7 Å². The van der Waals surface area contributed by atoms with E-state index >= 15 is 0 Å². The van der Waals surface area contributed by atoms with Crippen LogP contribution in [0.5, 0.6) is 5.75 Å². The van der Waals surface area contributed by atoms with Crippen LogP contribution in [0.4, 0.5) is 5.69 Å². The molecule has 2 rings (SSSR count). The van der Waals surface area contributed by atoms with Crippen LogP contribution in [0.2, 0.25) is 0 Å². The van der Waals surface area contributed by atoms with Gasteiger partial charge in [-0.15, -0.1) is 0 Å². The number of anilines is 1. The van der Waals surface area contributed by atoms with Gasteiger partial charge in [-0.05, 0) is 57.0 Å². The lowest BCUT2D eigenvalue weighted by Gasteiger charge is -2.14. The molecule has 0 atom stereocenters. The van der Waals surface area contributed by atoms with Gasteiger partial charge in [-0.3, -0.25) is 4.79 Å². The molecule has 24 heavy (non-hydrogen) atoms. The summed E-state index contributed by atoms with van der Waals surface area (Å²) in [5, 5.41) is 3.02. The fraction of sp³-hybridized carbons (Fsp3) is 0.350. The summed E-state index contributed by atoms with van der Waals surface area (Å²) in [6.45, 7) is 9.03. The number of aryl methyl sites for hydroxylation is 3. The van der Waals surface area contributed by atoms with Gasteiger partial charge in [-0.25, -0.2) is 0 Å². The number of carbonyl (C=O) groups is 1. The van der Waals surface area contributed by atoms with E-state index in [2.05, 4.69) is 24.4 Å². The summed E-state index contributed by atoms with van der Waals surface area (Å²) in [4.78, 5) is 12.6. The highest BCUT2D eigenvalue weighted by Crippen LogP contribution is 2.25. The third kappa shape index (κ3) is 4.15. The van der Waals surface area contributed by atoms with Crippen molar-refractivity contribution in [1.82, 2.24) is 0 Å². The van der Waals surface area contributed by atoms with Crippen molar-refractivity contribution < 1.29 is 14.3 Å². The van der Waals surface area contributed by atoms with Crippen LogP contribution < -0.4 is 10.1 Å². The molecule has 4 nitrogen and oxygen atoms in total. The topological polar surface area (TPSA) is 47.6 Å². The van der Waals surface area contributed by atoms with E-state index < -0.39 is 0 Å². The highest BCUT2D eigenvalue weighted by Gasteiger charge is 2.13. The lowest BCUT2D eigenvalue weighted by atomic mass is 10.0. The van der Waals surface area contributed by atoms with Gasteiger partial charge in [0.1, 0.15) is 5.75 Å². The molecule has 0 saturated heterocycles. The maximum atomic E-state index is 12.6. The number of ether oxygens (including phenoxy) is 2. The molecule has 1 amide bonds. The third-order valence-corrected chi connectivity index (χ3v) is 3.92. The molecule has 0 bridgehead atoms. The van der Waals surface area contributed by atoms with Gasteiger partial charge in [0.15, 0.2) is 0 Å². The predicted molar refractivity (Wildman–Crippen MR) is 96.9 cm³/mol. The van der Waals surface area contributed by atoms with E-state index in [0.717, 1.165) is 28.1 Å². The van der Waals surface area contributed by atoms with Crippen LogP contribution in [0.3, 0.4) is 0 Å². The number of amides is 1. The normalized spacial score (nSPS) is 10.5. The molecule has 0 spiro atoms. The molecule has 1 N–H and O–H groups in total. The fourth-order valence-electron chi connectivity index (χ4n) is 2.81. The highest BCUT2D eigenvalue weighted by atomic mass is 16.5. The molecular formula is C20H25NO3. The molecule has 0 fully saturated rings. The Hall–Kier alpha value is -2.33. The summed E-state index contributed by atoms with van der Waals surface area (Å²) < 4.78 is 10.8. The van der Waals surface area contributed by atoms with Gasteiger partial charge in [0.25, 0.3) is 5.91 Å². The van der Waals surface area contributed by atoms with Crippen molar-refractivity contribution >= 4 is 11.6 Å². The summed E-state index contributed by atoms with van der Waals surface area (Å²) in [5.41, 5.74) is 5.63. The van der Waals surface area contributed by atoms with Gasteiger partial charge in [0, 0.05) is 23.4 Å². The zero-order valence-electron chi connectivity index (χ0n) is 15.0. The first-order valence-electron chi connectivity index (χ1n) is 8.10. The maximum Gasteiger partial charge on any atom is 0.255 e. The summed E-state index contributed by atoms with van der Waals surface area (Å²) >= 11 is 0. The van der Waals surface area contributed by atoms with E-state index in [1.807, 2.05) is 26.8 Å². The fourth-order valence-corrected chi connectivity index (χ4v) is 2.81. The van der Waals surface area contributed by atoms with Crippen LogP contribution in [0.1, 0.15) is 39.5 Å². The Morgan fingerprint density at radius 3 is 2.33 bits per heavy atom. The SMILES string of the molecule is CCOCc1cc(C(=O)Nc2c(C)cc(C)cc2C)ccc1OC. The second-order valence-electron chi connectivity index (χ2n) is 5.89. The number of rotatable bonds is 6. The van der Waals surface area contributed by atoms with Crippen molar-refractivity contribution in [1.29, 1.82) is 0 Å². The molecule has 0 unspecified atom stereocenters. The average Bonchev–Trinajstić information content (AvgIpc) is 2.55. The van der Waals surface area contributed by atoms with E-state index in [1.165, 1.54) is 5.56 Å². The molecule has 2 aromatic rings. The molecule has 128 valence electrons. The largest absolute Gasteiger partial charge is 0.496 e. The van der Waals surface area contributed by atoms with Gasteiger partial charge in [0.05, 0.1) is 13.7 Å². The highest BCUT2D eigenvalue weighted by molar-refractivity contribution is 6.05. The summed E-state index contributed by atoms with van der Waals surface area (Å²) in [6.07, 6.45) is 0. The van der Waals surface area contributed by atoms with Gasteiger partial charge >= 0.3 is 0 Å². The molecule has 2 aromatic carbocycles. The Labute approximate surface area is 143 Å². The lowest BCUT2D eigenvalue weighted by Crippen LogP contribution is -2.14. The monoisotopic (exact) mass is 327 g/mol. The van der Waals surface area contributed by atoms with Crippen molar-refractivity contribution in [3.63, 3.8) is 0 Å². The minimum atomic E-state index is -0.134. The van der Waals surface area contributed by atoms with Gasteiger partial charge in [-0.2, -0.15) is 0 Å². The number of hydrogen-bond acceptors (Lipinski definition) is 3. The van der Waals surface area contributed by atoms with Crippen LogP contribution in [0.15, 0.2) is 30.3 Å². The molecule has 0 aliphatic rings. The van der Waals surface area contributed by atoms with Gasteiger partial charge < -0.3 is 14.8 Å². The summed E-state index contributed by atoms with van der Waals surface area (Å²) in [5.74, 6) is 0.591. The average molecular weight is 327 g/mol. The zero-order chi connectivity index (χ0) is 17.7. The Morgan fingerprint density at radius 2 is 1.75 bits per heavy atom. The van der Waals surface area contributed by atoms with E-state index in [4.69, 9.17) is 9.47 Å². The van der Waals surface area contributed by atoms with Crippen molar-refractivity contribution in [2.24, 2.45) is 0 Å². The molecule has 0 saturated carbocycles. The van der Waals surface area contributed by atoms with Crippen molar-refractivity contribution in [3.05, 3.63) is 58.1 Å². The van der Waals surface area contributed by atoms with Crippen molar-refractivity contribution in [3.8, 4) is 5.75 Å².